The minimum Gasteiger partial charge on any atom is -0.497 e. The Hall–Kier alpha value is -2.40. The molecule has 3 unspecified atom stereocenters. The Morgan fingerprint density at radius 2 is 1.58 bits per heavy atom. The Labute approximate surface area is 139 Å². The third kappa shape index (κ3) is 2.12. The highest BCUT2D eigenvalue weighted by Crippen LogP contribution is 2.45. The molecule has 3 aromatic rings. The molecule has 122 valence electrons. The van der Waals surface area contributed by atoms with Gasteiger partial charge in [-0.3, -0.25) is 0 Å². The molecular formula is C20H18O4. The van der Waals surface area contributed by atoms with Crippen LogP contribution in [-0.4, -0.2) is 28.5 Å². The molecule has 0 saturated heterocycles. The first-order valence-corrected chi connectivity index (χ1v) is 7.86. The molecule has 0 aromatic heterocycles. The van der Waals surface area contributed by atoms with Crippen molar-refractivity contribution in [1.82, 2.24) is 0 Å². The SMILES string of the molecule is COc1ccc(-c2ccc3cccc4c3c2C(O)C(O)C4O)cc1. The van der Waals surface area contributed by atoms with Gasteiger partial charge in [0.1, 0.15) is 24.1 Å². The second kappa shape index (κ2) is 5.60. The lowest BCUT2D eigenvalue weighted by Gasteiger charge is -2.32. The van der Waals surface area contributed by atoms with E-state index in [9.17, 15) is 15.3 Å². The summed E-state index contributed by atoms with van der Waals surface area (Å²) in [5.74, 6) is 0.755. The summed E-state index contributed by atoms with van der Waals surface area (Å²) in [4.78, 5) is 0. The molecule has 3 atom stereocenters. The average molecular weight is 322 g/mol. The van der Waals surface area contributed by atoms with Crippen molar-refractivity contribution in [1.29, 1.82) is 0 Å². The van der Waals surface area contributed by atoms with E-state index in [1.807, 2.05) is 48.5 Å². The van der Waals surface area contributed by atoms with Gasteiger partial charge in [-0.25, -0.2) is 0 Å². The summed E-state index contributed by atoms with van der Waals surface area (Å²) in [6.45, 7) is 0. The molecule has 24 heavy (non-hydrogen) atoms. The minimum absolute atomic E-state index is 0.649. The Kier molecular flexibility index (Phi) is 3.53. The molecule has 3 aromatic carbocycles. The quantitative estimate of drug-likeness (QED) is 0.678. The van der Waals surface area contributed by atoms with E-state index in [4.69, 9.17) is 4.74 Å². The highest BCUT2D eigenvalue weighted by Gasteiger charge is 2.36. The number of methoxy groups -OCH3 is 1. The third-order valence-corrected chi connectivity index (χ3v) is 4.78. The Morgan fingerprint density at radius 3 is 2.29 bits per heavy atom. The zero-order valence-electron chi connectivity index (χ0n) is 13.2. The van der Waals surface area contributed by atoms with Crippen LogP contribution in [0.15, 0.2) is 54.6 Å². The molecular weight excluding hydrogens is 304 g/mol. The fourth-order valence-corrected chi connectivity index (χ4v) is 3.54. The van der Waals surface area contributed by atoms with Gasteiger partial charge in [-0.05, 0) is 45.2 Å². The number of hydrogen-bond donors (Lipinski definition) is 3. The second-order valence-electron chi connectivity index (χ2n) is 6.08. The van der Waals surface area contributed by atoms with Crippen LogP contribution in [0.5, 0.6) is 5.75 Å². The second-order valence-corrected chi connectivity index (χ2v) is 6.08. The van der Waals surface area contributed by atoms with E-state index >= 15 is 0 Å². The summed E-state index contributed by atoms with van der Waals surface area (Å²) in [5.41, 5.74) is 3.07. The van der Waals surface area contributed by atoms with Crippen molar-refractivity contribution in [2.45, 2.75) is 18.3 Å². The third-order valence-electron chi connectivity index (χ3n) is 4.78. The van der Waals surface area contributed by atoms with Crippen molar-refractivity contribution in [3.63, 3.8) is 0 Å². The van der Waals surface area contributed by atoms with Crippen LogP contribution in [0.4, 0.5) is 0 Å². The molecule has 4 rings (SSSR count). The monoisotopic (exact) mass is 322 g/mol. The van der Waals surface area contributed by atoms with Crippen LogP contribution in [0.3, 0.4) is 0 Å². The summed E-state index contributed by atoms with van der Waals surface area (Å²) in [6.07, 6.45) is -3.49. The van der Waals surface area contributed by atoms with Crippen molar-refractivity contribution < 1.29 is 20.1 Å². The molecule has 0 saturated carbocycles. The van der Waals surface area contributed by atoms with Crippen molar-refractivity contribution in [3.8, 4) is 16.9 Å². The van der Waals surface area contributed by atoms with Gasteiger partial charge in [0.15, 0.2) is 0 Å². The Balaban J connectivity index is 2.02. The van der Waals surface area contributed by atoms with Crippen molar-refractivity contribution in [2.24, 2.45) is 0 Å². The molecule has 0 fully saturated rings. The topological polar surface area (TPSA) is 69.9 Å². The molecule has 1 aliphatic carbocycles. The predicted octanol–water partition coefficient (Wildman–Crippen LogP) is 2.96. The average Bonchev–Trinajstić information content (AvgIpc) is 2.64. The lowest BCUT2D eigenvalue weighted by atomic mass is 9.79. The van der Waals surface area contributed by atoms with Crippen molar-refractivity contribution in [3.05, 3.63) is 65.7 Å². The molecule has 0 bridgehead atoms. The van der Waals surface area contributed by atoms with Crippen LogP contribution in [0.2, 0.25) is 0 Å². The van der Waals surface area contributed by atoms with Crippen LogP contribution >= 0.6 is 0 Å². The summed E-state index contributed by atoms with van der Waals surface area (Å²) >= 11 is 0. The van der Waals surface area contributed by atoms with Crippen molar-refractivity contribution >= 4 is 10.8 Å². The smallest absolute Gasteiger partial charge is 0.118 e. The first-order valence-electron chi connectivity index (χ1n) is 7.86. The number of aliphatic hydroxyl groups is 3. The fraction of sp³-hybridized carbons (Fsp3) is 0.200. The van der Waals surface area contributed by atoms with E-state index in [0.717, 1.165) is 27.6 Å². The zero-order valence-corrected chi connectivity index (χ0v) is 13.2. The number of benzene rings is 3. The first-order chi connectivity index (χ1) is 11.6. The summed E-state index contributed by atoms with van der Waals surface area (Å²) in [7, 11) is 1.61. The summed E-state index contributed by atoms with van der Waals surface area (Å²) < 4.78 is 5.19. The highest BCUT2D eigenvalue weighted by atomic mass is 16.5. The Morgan fingerprint density at radius 1 is 0.833 bits per heavy atom. The molecule has 0 heterocycles. The molecule has 1 aliphatic rings. The molecule has 0 aliphatic heterocycles. The fourth-order valence-electron chi connectivity index (χ4n) is 3.54. The van der Waals surface area contributed by atoms with E-state index in [2.05, 4.69) is 0 Å². The van der Waals surface area contributed by atoms with Gasteiger partial charge in [-0.1, -0.05) is 42.5 Å². The van der Waals surface area contributed by atoms with Gasteiger partial charge in [0.2, 0.25) is 0 Å². The van der Waals surface area contributed by atoms with Crippen LogP contribution in [-0.2, 0) is 0 Å². The van der Waals surface area contributed by atoms with Gasteiger partial charge in [-0.15, -0.1) is 0 Å². The lowest BCUT2D eigenvalue weighted by molar-refractivity contribution is -0.0647. The minimum atomic E-state index is -1.25. The van der Waals surface area contributed by atoms with Gasteiger partial charge >= 0.3 is 0 Å². The predicted molar refractivity (Wildman–Crippen MR) is 91.9 cm³/mol. The lowest BCUT2D eigenvalue weighted by Crippen LogP contribution is -2.30. The molecule has 0 radical (unpaired) electrons. The first kappa shape index (κ1) is 15.1. The van der Waals surface area contributed by atoms with Gasteiger partial charge in [0, 0.05) is 0 Å². The van der Waals surface area contributed by atoms with Crippen LogP contribution in [0.25, 0.3) is 21.9 Å². The van der Waals surface area contributed by atoms with Crippen molar-refractivity contribution in [2.75, 3.05) is 7.11 Å². The van der Waals surface area contributed by atoms with Gasteiger partial charge in [-0.2, -0.15) is 0 Å². The number of aliphatic hydroxyl groups excluding tert-OH is 3. The van der Waals surface area contributed by atoms with E-state index in [-0.39, 0.29) is 0 Å². The zero-order chi connectivity index (χ0) is 16.8. The summed E-state index contributed by atoms with van der Waals surface area (Å²) in [5, 5.41) is 33.0. The van der Waals surface area contributed by atoms with Gasteiger partial charge in [0.25, 0.3) is 0 Å². The molecule has 0 spiro atoms. The Bertz CT molecular complexity index is 901. The van der Waals surface area contributed by atoms with Gasteiger partial charge in [0.05, 0.1) is 7.11 Å². The molecule has 0 amide bonds. The van der Waals surface area contributed by atoms with Crippen LogP contribution in [0.1, 0.15) is 23.3 Å². The van der Waals surface area contributed by atoms with Crippen LogP contribution < -0.4 is 4.74 Å². The summed E-state index contributed by atoms with van der Waals surface area (Å²) in [6, 6.07) is 17.1. The number of rotatable bonds is 2. The number of ether oxygens (including phenoxy) is 1. The normalized spacial score (nSPS) is 22.6. The van der Waals surface area contributed by atoms with E-state index in [0.29, 0.717) is 11.1 Å². The van der Waals surface area contributed by atoms with Crippen LogP contribution in [0, 0.1) is 0 Å². The maximum absolute atomic E-state index is 10.6. The van der Waals surface area contributed by atoms with Gasteiger partial charge < -0.3 is 20.1 Å². The molecule has 4 nitrogen and oxygen atoms in total. The maximum Gasteiger partial charge on any atom is 0.118 e. The maximum atomic E-state index is 10.6. The molecule has 4 heteroatoms. The van der Waals surface area contributed by atoms with E-state index in [1.165, 1.54) is 0 Å². The standard InChI is InChI=1S/C20H18O4/c1-24-13-8-5-11(6-9-13)14-10-7-12-3-2-4-15-16(12)17(14)19(22)20(23)18(15)21/h2-10,18-23H,1H3. The highest BCUT2D eigenvalue weighted by molar-refractivity contribution is 5.95. The largest absolute Gasteiger partial charge is 0.497 e. The van der Waals surface area contributed by atoms with E-state index < -0.39 is 18.3 Å². The molecule has 3 N–H and O–H groups in total. The van der Waals surface area contributed by atoms with E-state index in [1.54, 1.807) is 13.2 Å². The number of hydrogen-bond acceptors (Lipinski definition) is 4.